The van der Waals surface area contributed by atoms with Crippen LogP contribution in [0.2, 0.25) is 5.02 Å². The van der Waals surface area contributed by atoms with Gasteiger partial charge in [-0.05, 0) is 29.7 Å². The second-order valence-electron chi connectivity index (χ2n) is 4.75. The number of halogens is 1. The molecule has 0 bridgehead atoms. The summed E-state index contributed by atoms with van der Waals surface area (Å²) in [6, 6.07) is 16.0. The van der Waals surface area contributed by atoms with Crippen molar-refractivity contribution in [2.75, 3.05) is 11.9 Å². The molecule has 2 nitrogen and oxygen atoms in total. The lowest BCUT2D eigenvalue weighted by molar-refractivity contribution is 0.805. The lowest BCUT2D eigenvalue weighted by Crippen LogP contribution is -2.12. The number of hydrogen-bond acceptors (Lipinski definition) is 2. The number of anilines is 1. The van der Waals surface area contributed by atoms with Gasteiger partial charge in [0, 0.05) is 17.8 Å². The van der Waals surface area contributed by atoms with Crippen molar-refractivity contribution in [2.24, 2.45) is 5.73 Å². The molecule has 4 heteroatoms. The summed E-state index contributed by atoms with van der Waals surface area (Å²) in [6.07, 6.45) is 0. The first kappa shape index (κ1) is 14.8. The average Bonchev–Trinajstić information content (AvgIpc) is 2.45. The minimum atomic E-state index is 0.319. The van der Waals surface area contributed by atoms with E-state index in [1.807, 2.05) is 24.3 Å². The van der Waals surface area contributed by atoms with Crippen LogP contribution >= 0.6 is 23.8 Å². The first-order chi connectivity index (χ1) is 9.58. The molecule has 0 aliphatic rings. The van der Waals surface area contributed by atoms with E-state index in [-0.39, 0.29) is 0 Å². The summed E-state index contributed by atoms with van der Waals surface area (Å²) in [5, 5.41) is 3.96. The van der Waals surface area contributed by atoms with Crippen molar-refractivity contribution in [3.05, 3.63) is 64.7 Å². The van der Waals surface area contributed by atoms with Gasteiger partial charge in [-0.15, -0.1) is 0 Å². The van der Waals surface area contributed by atoms with Gasteiger partial charge in [0.05, 0.1) is 5.02 Å². The van der Waals surface area contributed by atoms with Crippen LogP contribution in [0.15, 0.2) is 48.5 Å². The van der Waals surface area contributed by atoms with Gasteiger partial charge in [0.15, 0.2) is 0 Å². The van der Waals surface area contributed by atoms with E-state index in [1.54, 1.807) is 0 Å². The zero-order valence-corrected chi connectivity index (χ0v) is 12.8. The zero-order chi connectivity index (χ0) is 14.5. The van der Waals surface area contributed by atoms with Crippen molar-refractivity contribution in [2.45, 2.75) is 12.8 Å². The van der Waals surface area contributed by atoms with Crippen molar-refractivity contribution in [1.82, 2.24) is 0 Å². The van der Waals surface area contributed by atoms with E-state index in [0.717, 1.165) is 12.2 Å². The van der Waals surface area contributed by atoms with Crippen molar-refractivity contribution in [3.8, 4) is 0 Å². The smallest absolute Gasteiger partial charge is 0.105 e. The van der Waals surface area contributed by atoms with Crippen LogP contribution in [-0.2, 0) is 0 Å². The molecular formula is C16H17ClN2S. The molecule has 0 radical (unpaired) electrons. The minimum Gasteiger partial charge on any atom is -0.389 e. The van der Waals surface area contributed by atoms with Crippen LogP contribution in [-0.4, -0.2) is 11.5 Å². The van der Waals surface area contributed by atoms with Gasteiger partial charge in [0.1, 0.15) is 4.99 Å². The molecule has 0 saturated heterocycles. The molecule has 0 amide bonds. The quantitative estimate of drug-likeness (QED) is 0.813. The number of nitrogens with one attached hydrogen (secondary N) is 1. The molecular weight excluding hydrogens is 288 g/mol. The first-order valence-electron chi connectivity index (χ1n) is 6.46. The van der Waals surface area contributed by atoms with E-state index in [4.69, 9.17) is 29.6 Å². The summed E-state index contributed by atoms with van der Waals surface area (Å²) in [5.74, 6) is 0.422. The first-order valence-corrected chi connectivity index (χ1v) is 7.24. The van der Waals surface area contributed by atoms with Gasteiger partial charge in [0.2, 0.25) is 0 Å². The van der Waals surface area contributed by atoms with Crippen LogP contribution in [0.5, 0.6) is 0 Å². The van der Waals surface area contributed by atoms with E-state index in [2.05, 4.69) is 36.5 Å². The SMILES string of the molecule is CC(CNc1ccc(C(N)=S)c(Cl)c1)c1ccccc1. The Labute approximate surface area is 130 Å². The van der Waals surface area contributed by atoms with Crippen LogP contribution in [0, 0.1) is 0 Å². The largest absolute Gasteiger partial charge is 0.389 e. The third-order valence-electron chi connectivity index (χ3n) is 3.22. The second kappa shape index (κ2) is 6.73. The van der Waals surface area contributed by atoms with Gasteiger partial charge < -0.3 is 11.1 Å². The van der Waals surface area contributed by atoms with Crippen LogP contribution in [0.25, 0.3) is 0 Å². The summed E-state index contributed by atoms with van der Waals surface area (Å²) >= 11 is 11.1. The fourth-order valence-corrected chi connectivity index (χ4v) is 2.51. The third-order valence-corrected chi connectivity index (χ3v) is 3.75. The van der Waals surface area contributed by atoms with Crippen LogP contribution in [0.3, 0.4) is 0 Å². The van der Waals surface area contributed by atoms with Crippen molar-refractivity contribution in [1.29, 1.82) is 0 Å². The predicted octanol–water partition coefficient (Wildman–Crippen LogP) is 4.19. The highest BCUT2D eigenvalue weighted by Crippen LogP contribution is 2.22. The molecule has 2 aromatic rings. The molecule has 0 aromatic heterocycles. The molecule has 1 atom stereocenters. The molecule has 20 heavy (non-hydrogen) atoms. The maximum absolute atomic E-state index is 6.15. The van der Waals surface area contributed by atoms with Gasteiger partial charge in [-0.1, -0.05) is 61.1 Å². The van der Waals surface area contributed by atoms with Gasteiger partial charge >= 0.3 is 0 Å². The summed E-state index contributed by atoms with van der Waals surface area (Å²) < 4.78 is 0. The number of hydrogen-bond donors (Lipinski definition) is 2. The van der Waals surface area contributed by atoms with Gasteiger partial charge in [-0.3, -0.25) is 0 Å². The van der Waals surface area contributed by atoms with Crippen molar-refractivity contribution >= 4 is 34.5 Å². The zero-order valence-electron chi connectivity index (χ0n) is 11.3. The van der Waals surface area contributed by atoms with E-state index < -0.39 is 0 Å². The number of rotatable bonds is 5. The Bertz CT molecular complexity index is 599. The molecule has 0 fully saturated rings. The average molecular weight is 305 g/mol. The summed E-state index contributed by atoms with van der Waals surface area (Å²) in [5.41, 5.74) is 8.58. The Morgan fingerprint density at radius 3 is 2.55 bits per heavy atom. The fraction of sp³-hybridized carbons (Fsp3) is 0.188. The Balaban J connectivity index is 2.01. The van der Waals surface area contributed by atoms with Crippen molar-refractivity contribution < 1.29 is 0 Å². The highest BCUT2D eigenvalue weighted by molar-refractivity contribution is 7.80. The van der Waals surface area contributed by atoms with Gasteiger partial charge in [-0.2, -0.15) is 0 Å². The molecule has 3 N–H and O–H groups in total. The number of nitrogens with two attached hydrogens (primary N) is 1. The van der Waals surface area contributed by atoms with E-state index in [1.165, 1.54) is 5.56 Å². The maximum atomic E-state index is 6.15. The third kappa shape index (κ3) is 3.71. The van der Waals surface area contributed by atoms with E-state index in [9.17, 15) is 0 Å². The monoisotopic (exact) mass is 304 g/mol. The molecule has 0 aliphatic heterocycles. The fourth-order valence-electron chi connectivity index (χ4n) is 2.00. The lowest BCUT2D eigenvalue weighted by Gasteiger charge is -2.14. The normalized spacial score (nSPS) is 11.9. The molecule has 0 heterocycles. The lowest BCUT2D eigenvalue weighted by atomic mass is 10.0. The predicted molar refractivity (Wildman–Crippen MR) is 90.7 cm³/mol. The minimum absolute atomic E-state index is 0.319. The molecule has 104 valence electrons. The number of benzene rings is 2. The highest BCUT2D eigenvalue weighted by atomic mass is 35.5. The highest BCUT2D eigenvalue weighted by Gasteiger charge is 2.07. The Morgan fingerprint density at radius 2 is 1.95 bits per heavy atom. The molecule has 1 unspecified atom stereocenters. The van der Waals surface area contributed by atoms with E-state index >= 15 is 0 Å². The maximum Gasteiger partial charge on any atom is 0.105 e. The Hall–Kier alpha value is -1.58. The molecule has 2 rings (SSSR count). The summed E-state index contributed by atoms with van der Waals surface area (Å²) in [7, 11) is 0. The molecule has 0 aliphatic carbocycles. The van der Waals surface area contributed by atoms with Gasteiger partial charge in [-0.25, -0.2) is 0 Å². The standard InChI is InChI=1S/C16H17ClN2S/c1-11(12-5-3-2-4-6-12)10-19-13-7-8-14(16(18)20)15(17)9-13/h2-9,11,19H,10H2,1H3,(H2,18,20). The molecule has 2 aromatic carbocycles. The van der Waals surface area contributed by atoms with E-state index in [0.29, 0.717) is 21.5 Å². The molecule has 0 spiro atoms. The Morgan fingerprint density at radius 1 is 1.25 bits per heavy atom. The topological polar surface area (TPSA) is 38.0 Å². The van der Waals surface area contributed by atoms with Crippen LogP contribution in [0.4, 0.5) is 5.69 Å². The van der Waals surface area contributed by atoms with Gasteiger partial charge in [0.25, 0.3) is 0 Å². The van der Waals surface area contributed by atoms with Crippen molar-refractivity contribution in [3.63, 3.8) is 0 Å². The second-order valence-corrected chi connectivity index (χ2v) is 5.60. The molecule has 0 saturated carbocycles. The Kier molecular flexibility index (Phi) is 4.99. The summed E-state index contributed by atoms with van der Waals surface area (Å²) in [6.45, 7) is 3.03. The van der Waals surface area contributed by atoms with Crippen LogP contribution in [0.1, 0.15) is 24.0 Å². The summed E-state index contributed by atoms with van der Waals surface area (Å²) in [4.78, 5) is 0.319. The van der Waals surface area contributed by atoms with Crippen LogP contribution < -0.4 is 11.1 Å². The number of thiocarbonyl (C=S) groups is 1.